The van der Waals surface area contributed by atoms with Crippen molar-refractivity contribution in [1.82, 2.24) is 0 Å². The van der Waals surface area contributed by atoms with Crippen molar-refractivity contribution in [2.24, 2.45) is 0 Å². The molecule has 0 saturated carbocycles. The minimum Gasteiger partial charge on any atom is -0.455 e. The molecule has 3 aromatic rings. The van der Waals surface area contributed by atoms with E-state index in [-0.39, 0.29) is 10.8 Å². The van der Waals surface area contributed by atoms with Crippen molar-refractivity contribution in [3.05, 3.63) is 77.8 Å². The van der Waals surface area contributed by atoms with Crippen LogP contribution in [0.2, 0.25) is 5.02 Å². The van der Waals surface area contributed by atoms with Crippen LogP contribution in [0, 0.1) is 0 Å². The summed E-state index contributed by atoms with van der Waals surface area (Å²) < 4.78 is 29.8. The van der Waals surface area contributed by atoms with Gasteiger partial charge in [0.1, 0.15) is 11.8 Å². The molecule has 30 heavy (non-hydrogen) atoms. The molecule has 0 aliphatic rings. The first-order chi connectivity index (χ1) is 14.2. The summed E-state index contributed by atoms with van der Waals surface area (Å²) in [4.78, 5) is 12.9. The lowest BCUT2D eigenvalue weighted by Gasteiger charge is -2.19. The van der Waals surface area contributed by atoms with Gasteiger partial charge in [-0.05, 0) is 49.4 Å². The van der Waals surface area contributed by atoms with Crippen LogP contribution in [0.4, 0.5) is 11.4 Å². The van der Waals surface area contributed by atoms with Gasteiger partial charge in [0.15, 0.2) is 15.6 Å². The van der Waals surface area contributed by atoms with Gasteiger partial charge in [-0.15, -0.1) is 0 Å². The summed E-state index contributed by atoms with van der Waals surface area (Å²) >= 11 is 6.09. The molecule has 0 bridgehead atoms. The first kappa shape index (κ1) is 21.7. The SMILES string of the molecule is CC(Nc1ccccc1S(C)(=O)=O)C(=O)Nc1cc(Cl)ccc1Oc1ccccc1. The van der Waals surface area contributed by atoms with Crippen molar-refractivity contribution >= 4 is 38.7 Å². The fourth-order valence-electron chi connectivity index (χ4n) is 2.75. The highest BCUT2D eigenvalue weighted by molar-refractivity contribution is 7.90. The largest absolute Gasteiger partial charge is 0.455 e. The molecule has 0 heterocycles. The Bertz CT molecular complexity index is 1150. The molecule has 0 spiro atoms. The molecule has 0 aromatic heterocycles. The first-order valence-electron chi connectivity index (χ1n) is 9.13. The molecule has 0 aliphatic heterocycles. The van der Waals surface area contributed by atoms with Gasteiger partial charge in [0.05, 0.1) is 16.3 Å². The Morgan fingerprint density at radius 3 is 2.33 bits per heavy atom. The Hall–Kier alpha value is -3.03. The lowest BCUT2D eigenvalue weighted by molar-refractivity contribution is -0.116. The zero-order valence-electron chi connectivity index (χ0n) is 16.4. The van der Waals surface area contributed by atoms with Crippen LogP contribution in [0.15, 0.2) is 77.7 Å². The number of rotatable bonds is 7. The second-order valence-electron chi connectivity index (χ2n) is 6.68. The normalized spacial score (nSPS) is 12.1. The Kier molecular flexibility index (Phi) is 6.64. The van der Waals surface area contributed by atoms with E-state index in [2.05, 4.69) is 10.6 Å². The predicted octanol–water partition coefficient (Wildman–Crippen LogP) is 4.97. The van der Waals surface area contributed by atoms with Crippen LogP contribution in [0.1, 0.15) is 6.92 Å². The van der Waals surface area contributed by atoms with Gasteiger partial charge in [-0.3, -0.25) is 4.79 Å². The highest BCUT2D eigenvalue weighted by Crippen LogP contribution is 2.32. The second-order valence-corrected chi connectivity index (χ2v) is 9.10. The van der Waals surface area contributed by atoms with E-state index in [1.54, 1.807) is 55.5 Å². The molecule has 1 amide bonds. The number of hydrogen-bond acceptors (Lipinski definition) is 5. The third kappa shape index (κ3) is 5.52. The zero-order valence-corrected chi connectivity index (χ0v) is 18.0. The summed E-state index contributed by atoms with van der Waals surface area (Å²) in [5, 5.41) is 6.18. The fraction of sp³-hybridized carbons (Fsp3) is 0.136. The van der Waals surface area contributed by atoms with Gasteiger partial charge in [-0.1, -0.05) is 41.9 Å². The molecule has 2 N–H and O–H groups in total. The summed E-state index contributed by atoms with van der Waals surface area (Å²) in [6.07, 6.45) is 1.12. The number of sulfone groups is 1. The average molecular weight is 445 g/mol. The van der Waals surface area contributed by atoms with Crippen molar-refractivity contribution in [1.29, 1.82) is 0 Å². The molecule has 6 nitrogen and oxygen atoms in total. The molecule has 3 rings (SSSR count). The van der Waals surface area contributed by atoms with Crippen LogP contribution in [0.25, 0.3) is 0 Å². The molecule has 1 unspecified atom stereocenters. The topological polar surface area (TPSA) is 84.5 Å². The number of hydrogen-bond donors (Lipinski definition) is 2. The summed E-state index contributed by atoms with van der Waals surface area (Å²) in [5.74, 6) is 0.671. The number of carbonyl (C=O) groups is 1. The number of nitrogens with one attached hydrogen (secondary N) is 2. The average Bonchev–Trinajstić information content (AvgIpc) is 2.70. The fourth-order valence-corrected chi connectivity index (χ4v) is 3.78. The minimum atomic E-state index is -3.44. The molecule has 0 aliphatic carbocycles. The van der Waals surface area contributed by atoms with Crippen molar-refractivity contribution in [2.75, 3.05) is 16.9 Å². The molecule has 3 aromatic carbocycles. The van der Waals surface area contributed by atoms with Crippen LogP contribution >= 0.6 is 11.6 Å². The highest BCUT2D eigenvalue weighted by Gasteiger charge is 2.19. The number of benzene rings is 3. The lowest BCUT2D eigenvalue weighted by Crippen LogP contribution is -2.32. The number of anilines is 2. The number of carbonyl (C=O) groups excluding carboxylic acids is 1. The Balaban J connectivity index is 1.79. The van der Waals surface area contributed by atoms with Gasteiger partial charge in [0.25, 0.3) is 0 Å². The van der Waals surface area contributed by atoms with E-state index in [9.17, 15) is 13.2 Å². The third-order valence-corrected chi connectivity index (χ3v) is 5.61. The van der Waals surface area contributed by atoms with E-state index in [4.69, 9.17) is 16.3 Å². The maximum absolute atomic E-state index is 12.8. The number of ether oxygens (including phenoxy) is 1. The first-order valence-corrected chi connectivity index (χ1v) is 11.4. The van der Waals surface area contributed by atoms with Crippen molar-refractivity contribution in [3.8, 4) is 11.5 Å². The third-order valence-electron chi connectivity index (χ3n) is 4.22. The minimum absolute atomic E-state index is 0.125. The van der Waals surface area contributed by atoms with E-state index < -0.39 is 15.9 Å². The molecular formula is C22H21ClN2O4S. The molecule has 0 fully saturated rings. The highest BCUT2D eigenvalue weighted by atomic mass is 35.5. The maximum Gasteiger partial charge on any atom is 0.246 e. The lowest BCUT2D eigenvalue weighted by atomic mass is 10.2. The summed E-state index contributed by atoms with van der Waals surface area (Å²) in [6.45, 7) is 1.64. The van der Waals surface area contributed by atoms with Gasteiger partial charge in [-0.25, -0.2) is 8.42 Å². The Labute approximate surface area is 180 Å². The molecule has 0 saturated heterocycles. The molecule has 8 heteroatoms. The second kappa shape index (κ2) is 9.19. The van der Waals surface area contributed by atoms with Gasteiger partial charge < -0.3 is 15.4 Å². The standard InChI is InChI=1S/C22H21ClN2O4S/c1-15(24-18-10-6-7-11-21(18)30(2,27)28)22(26)25-19-14-16(23)12-13-20(19)29-17-8-4-3-5-9-17/h3-15,24H,1-2H3,(H,25,26). The van der Waals surface area contributed by atoms with E-state index in [1.807, 2.05) is 18.2 Å². The smallest absolute Gasteiger partial charge is 0.246 e. The number of amides is 1. The van der Waals surface area contributed by atoms with Crippen molar-refractivity contribution in [2.45, 2.75) is 17.9 Å². The molecule has 1 atom stereocenters. The van der Waals surface area contributed by atoms with Crippen LogP contribution in [0.5, 0.6) is 11.5 Å². The quantitative estimate of drug-likeness (QED) is 0.537. The molecule has 156 valence electrons. The van der Waals surface area contributed by atoms with E-state index in [0.717, 1.165) is 6.26 Å². The maximum atomic E-state index is 12.8. The van der Waals surface area contributed by atoms with E-state index in [0.29, 0.717) is 27.9 Å². The van der Waals surface area contributed by atoms with Gasteiger partial charge in [0.2, 0.25) is 5.91 Å². The van der Waals surface area contributed by atoms with E-state index >= 15 is 0 Å². The predicted molar refractivity (Wildman–Crippen MR) is 119 cm³/mol. The zero-order chi connectivity index (χ0) is 21.7. The molecular weight excluding hydrogens is 424 g/mol. The molecule has 0 radical (unpaired) electrons. The summed E-state index contributed by atoms with van der Waals surface area (Å²) in [5.41, 5.74) is 0.760. The van der Waals surface area contributed by atoms with Gasteiger partial charge >= 0.3 is 0 Å². The summed E-state index contributed by atoms with van der Waals surface area (Å²) in [7, 11) is -3.44. The van der Waals surface area contributed by atoms with Gasteiger partial charge in [0, 0.05) is 11.3 Å². The summed E-state index contributed by atoms with van der Waals surface area (Å²) in [6, 6.07) is 19.8. The van der Waals surface area contributed by atoms with E-state index in [1.165, 1.54) is 6.07 Å². The Morgan fingerprint density at radius 2 is 1.63 bits per heavy atom. The monoisotopic (exact) mass is 444 g/mol. The van der Waals surface area contributed by atoms with Crippen LogP contribution < -0.4 is 15.4 Å². The van der Waals surface area contributed by atoms with Crippen LogP contribution in [-0.2, 0) is 14.6 Å². The van der Waals surface area contributed by atoms with Crippen molar-refractivity contribution in [3.63, 3.8) is 0 Å². The Morgan fingerprint density at radius 1 is 0.967 bits per heavy atom. The van der Waals surface area contributed by atoms with Crippen molar-refractivity contribution < 1.29 is 17.9 Å². The van der Waals surface area contributed by atoms with Crippen LogP contribution in [0.3, 0.4) is 0 Å². The number of halogens is 1. The van der Waals surface area contributed by atoms with Crippen LogP contribution in [-0.4, -0.2) is 26.6 Å². The van der Waals surface area contributed by atoms with Gasteiger partial charge in [-0.2, -0.15) is 0 Å². The number of para-hydroxylation sites is 2.